The Morgan fingerprint density at radius 3 is 2.44 bits per heavy atom. The van der Waals surface area contributed by atoms with Crippen LogP contribution in [0.25, 0.3) is 0 Å². The standard InChI is InChI=1S/C16H25FO/c1-3-4-5-6-7-8-9-16(18)14-11-10-13(2)12-15(14)17/h10-12,16,18H,3-9H2,1-2H3. The number of aliphatic hydroxyl groups is 1. The molecule has 1 N–H and O–H groups in total. The summed E-state index contributed by atoms with van der Waals surface area (Å²) in [4.78, 5) is 0. The van der Waals surface area contributed by atoms with Crippen LogP contribution in [0.1, 0.15) is 69.1 Å². The summed E-state index contributed by atoms with van der Waals surface area (Å²) in [6, 6.07) is 5.04. The number of halogens is 1. The second-order valence-electron chi connectivity index (χ2n) is 5.10. The van der Waals surface area contributed by atoms with Crippen LogP contribution >= 0.6 is 0 Å². The zero-order valence-corrected chi connectivity index (χ0v) is 11.6. The van der Waals surface area contributed by atoms with Crippen molar-refractivity contribution in [2.24, 2.45) is 0 Å². The van der Waals surface area contributed by atoms with Gasteiger partial charge in [0.15, 0.2) is 0 Å². The monoisotopic (exact) mass is 252 g/mol. The number of aliphatic hydroxyl groups excluding tert-OH is 1. The molecule has 0 saturated heterocycles. The highest BCUT2D eigenvalue weighted by atomic mass is 19.1. The van der Waals surface area contributed by atoms with Crippen LogP contribution in [0.5, 0.6) is 0 Å². The van der Waals surface area contributed by atoms with E-state index in [-0.39, 0.29) is 5.82 Å². The predicted molar refractivity (Wildman–Crippen MR) is 74.1 cm³/mol. The van der Waals surface area contributed by atoms with E-state index in [1.807, 2.05) is 13.0 Å². The van der Waals surface area contributed by atoms with Gasteiger partial charge in [-0.2, -0.15) is 0 Å². The molecule has 1 aromatic rings. The molecule has 2 heteroatoms. The minimum atomic E-state index is -0.656. The zero-order valence-electron chi connectivity index (χ0n) is 11.6. The molecule has 1 nitrogen and oxygen atoms in total. The molecular formula is C16H25FO. The van der Waals surface area contributed by atoms with Crippen molar-refractivity contribution in [3.05, 3.63) is 35.1 Å². The van der Waals surface area contributed by atoms with Crippen LogP contribution in [-0.4, -0.2) is 5.11 Å². The molecule has 1 atom stereocenters. The van der Waals surface area contributed by atoms with E-state index in [0.717, 1.165) is 18.4 Å². The molecule has 1 rings (SSSR count). The van der Waals surface area contributed by atoms with Crippen LogP contribution in [0.4, 0.5) is 4.39 Å². The molecule has 0 aliphatic heterocycles. The molecule has 0 aromatic heterocycles. The van der Waals surface area contributed by atoms with E-state index in [0.29, 0.717) is 12.0 Å². The van der Waals surface area contributed by atoms with Crippen molar-refractivity contribution in [2.45, 2.75) is 64.9 Å². The largest absolute Gasteiger partial charge is 0.388 e. The minimum absolute atomic E-state index is 0.284. The molecule has 0 aliphatic rings. The Bertz CT molecular complexity index is 349. The third kappa shape index (κ3) is 5.18. The van der Waals surface area contributed by atoms with Crippen LogP contribution in [0.3, 0.4) is 0 Å². The van der Waals surface area contributed by atoms with Crippen LogP contribution in [0.15, 0.2) is 18.2 Å². The van der Waals surface area contributed by atoms with Gasteiger partial charge >= 0.3 is 0 Å². The van der Waals surface area contributed by atoms with Gasteiger partial charge in [0.25, 0.3) is 0 Å². The van der Waals surface area contributed by atoms with E-state index < -0.39 is 6.10 Å². The molecule has 1 unspecified atom stereocenters. The van der Waals surface area contributed by atoms with Gasteiger partial charge in [0.2, 0.25) is 0 Å². The maximum Gasteiger partial charge on any atom is 0.129 e. The fraction of sp³-hybridized carbons (Fsp3) is 0.625. The van der Waals surface area contributed by atoms with Gasteiger partial charge in [-0.3, -0.25) is 0 Å². The number of hydrogen-bond donors (Lipinski definition) is 1. The van der Waals surface area contributed by atoms with E-state index in [1.165, 1.54) is 31.7 Å². The van der Waals surface area contributed by atoms with E-state index >= 15 is 0 Å². The highest BCUT2D eigenvalue weighted by molar-refractivity contribution is 5.25. The van der Waals surface area contributed by atoms with Crippen molar-refractivity contribution < 1.29 is 9.50 Å². The molecule has 0 heterocycles. The van der Waals surface area contributed by atoms with Gasteiger partial charge in [0.05, 0.1) is 6.10 Å². The minimum Gasteiger partial charge on any atom is -0.388 e. The van der Waals surface area contributed by atoms with Crippen molar-refractivity contribution >= 4 is 0 Å². The Morgan fingerprint density at radius 2 is 1.78 bits per heavy atom. The second-order valence-corrected chi connectivity index (χ2v) is 5.10. The maximum atomic E-state index is 13.6. The van der Waals surface area contributed by atoms with Gasteiger partial charge < -0.3 is 5.11 Å². The normalized spacial score (nSPS) is 12.7. The van der Waals surface area contributed by atoms with Gasteiger partial charge in [-0.1, -0.05) is 57.6 Å². The van der Waals surface area contributed by atoms with E-state index in [2.05, 4.69) is 6.92 Å². The summed E-state index contributed by atoms with van der Waals surface area (Å²) in [5, 5.41) is 9.95. The van der Waals surface area contributed by atoms with Crippen LogP contribution in [-0.2, 0) is 0 Å². The Morgan fingerprint density at radius 1 is 1.11 bits per heavy atom. The molecule has 0 fully saturated rings. The average molecular weight is 252 g/mol. The molecule has 0 radical (unpaired) electrons. The first-order valence-corrected chi connectivity index (χ1v) is 7.09. The first kappa shape index (κ1) is 15.2. The van der Waals surface area contributed by atoms with Crippen LogP contribution in [0, 0.1) is 12.7 Å². The van der Waals surface area contributed by atoms with E-state index in [1.54, 1.807) is 6.07 Å². The summed E-state index contributed by atoms with van der Waals surface area (Å²) in [6.45, 7) is 4.05. The summed E-state index contributed by atoms with van der Waals surface area (Å²) >= 11 is 0. The fourth-order valence-corrected chi connectivity index (χ4v) is 2.18. The van der Waals surface area contributed by atoms with Crippen LogP contribution in [0.2, 0.25) is 0 Å². The third-order valence-electron chi connectivity index (χ3n) is 3.35. The third-order valence-corrected chi connectivity index (χ3v) is 3.35. The lowest BCUT2D eigenvalue weighted by Crippen LogP contribution is -2.01. The number of unbranched alkanes of at least 4 members (excludes halogenated alkanes) is 5. The molecule has 18 heavy (non-hydrogen) atoms. The lowest BCUT2D eigenvalue weighted by molar-refractivity contribution is 0.159. The SMILES string of the molecule is CCCCCCCCC(O)c1ccc(C)cc1F. The van der Waals surface area contributed by atoms with Crippen molar-refractivity contribution in [3.63, 3.8) is 0 Å². The second kappa shape index (κ2) is 8.25. The predicted octanol–water partition coefficient (Wildman–Crippen LogP) is 4.92. The Labute approximate surface area is 110 Å². The van der Waals surface area contributed by atoms with Gasteiger partial charge in [-0.05, 0) is 25.0 Å². The highest BCUT2D eigenvalue weighted by Crippen LogP contribution is 2.23. The highest BCUT2D eigenvalue weighted by Gasteiger charge is 2.12. The van der Waals surface area contributed by atoms with Gasteiger partial charge in [0.1, 0.15) is 5.82 Å². The molecule has 0 spiro atoms. The number of rotatable bonds is 8. The molecule has 102 valence electrons. The molecule has 0 amide bonds. The lowest BCUT2D eigenvalue weighted by Gasteiger charge is -2.12. The van der Waals surface area contributed by atoms with E-state index in [9.17, 15) is 9.50 Å². The van der Waals surface area contributed by atoms with Crippen molar-refractivity contribution in [3.8, 4) is 0 Å². The summed E-state index contributed by atoms with van der Waals surface area (Å²) < 4.78 is 13.6. The molecule has 0 aliphatic carbocycles. The Hall–Kier alpha value is -0.890. The molecule has 0 saturated carbocycles. The lowest BCUT2D eigenvalue weighted by atomic mass is 10.0. The summed E-state index contributed by atoms with van der Waals surface area (Å²) in [6.07, 6.45) is 7.13. The van der Waals surface area contributed by atoms with E-state index in [4.69, 9.17) is 0 Å². The Balaban J connectivity index is 2.29. The smallest absolute Gasteiger partial charge is 0.129 e. The summed E-state index contributed by atoms with van der Waals surface area (Å²) in [5.74, 6) is -0.284. The summed E-state index contributed by atoms with van der Waals surface area (Å²) in [7, 11) is 0. The molecule has 0 bridgehead atoms. The zero-order chi connectivity index (χ0) is 13.4. The van der Waals surface area contributed by atoms with Crippen molar-refractivity contribution in [2.75, 3.05) is 0 Å². The fourth-order valence-electron chi connectivity index (χ4n) is 2.18. The first-order valence-electron chi connectivity index (χ1n) is 7.09. The van der Waals surface area contributed by atoms with Gasteiger partial charge in [0, 0.05) is 5.56 Å². The molecule has 1 aromatic carbocycles. The van der Waals surface area contributed by atoms with Crippen LogP contribution < -0.4 is 0 Å². The quantitative estimate of drug-likeness (QED) is 0.651. The maximum absolute atomic E-state index is 13.6. The average Bonchev–Trinajstić information content (AvgIpc) is 2.33. The van der Waals surface area contributed by atoms with Crippen molar-refractivity contribution in [1.82, 2.24) is 0 Å². The van der Waals surface area contributed by atoms with Gasteiger partial charge in [-0.25, -0.2) is 4.39 Å². The van der Waals surface area contributed by atoms with Crippen molar-refractivity contribution in [1.29, 1.82) is 0 Å². The summed E-state index contributed by atoms with van der Waals surface area (Å²) in [5.41, 5.74) is 1.33. The van der Waals surface area contributed by atoms with Gasteiger partial charge in [-0.15, -0.1) is 0 Å². The number of benzene rings is 1. The number of hydrogen-bond acceptors (Lipinski definition) is 1. The number of aryl methyl sites for hydroxylation is 1. The Kier molecular flexibility index (Phi) is 6.96. The first-order chi connectivity index (χ1) is 8.65. The molecular weight excluding hydrogens is 227 g/mol. The topological polar surface area (TPSA) is 20.2 Å².